The minimum atomic E-state index is -3.86. The minimum Gasteiger partial charge on any atom is -0.218 e. The summed E-state index contributed by atoms with van der Waals surface area (Å²) in [6.07, 6.45) is 0. The number of halogens is 2. The second-order valence-corrected chi connectivity index (χ2v) is 5.38. The van der Waals surface area contributed by atoms with E-state index >= 15 is 0 Å². The van der Waals surface area contributed by atoms with E-state index in [1.165, 1.54) is 18.2 Å². The molecule has 1 aromatic carbocycles. The highest BCUT2D eigenvalue weighted by Crippen LogP contribution is 2.26. The molecule has 0 amide bonds. The quantitative estimate of drug-likeness (QED) is 0.770. The Morgan fingerprint density at radius 3 is 2.20 bits per heavy atom. The van der Waals surface area contributed by atoms with E-state index in [1.807, 2.05) is 0 Å². The molecule has 15 heavy (non-hydrogen) atoms. The van der Waals surface area contributed by atoms with Gasteiger partial charge in [0.25, 0.3) is 0 Å². The van der Waals surface area contributed by atoms with E-state index in [2.05, 4.69) is 0 Å². The summed E-state index contributed by atoms with van der Waals surface area (Å²) in [5.74, 6) is 0. The first kappa shape index (κ1) is 12.1. The van der Waals surface area contributed by atoms with Gasteiger partial charge in [0, 0.05) is 0 Å². The largest absolute Gasteiger partial charge is 0.219 e. The molecule has 1 rings (SSSR count). The average molecular weight is 262 g/mol. The smallest absolute Gasteiger partial charge is 0.218 e. The van der Waals surface area contributed by atoms with E-state index in [9.17, 15) is 8.42 Å². The van der Waals surface area contributed by atoms with Gasteiger partial charge in [-0.15, -0.1) is 0 Å². The van der Waals surface area contributed by atoms with E-state index < -0.39 is 19.2 Å². The summed E-state index contributed by atoms with van der Waals surface area (Å²) in [6.45, 7) is 0. The third-order valence-electron chi connectivity index (χ3n) is 1.56. The van der Waals surface area contributed by atoms with Crippen LogP contribution in [0.15, 0.2) is 44.6 Å². The molecule has 0 N–H and O–H groups in total. The first-order chi connectivity index (χ1) is 7.00. The van der Waals surface area contributed by atoms with Crippen molar-refractivity contribution < 1.29 is 8.42 Å². The number of hydrogen-bond acceptors (Lipinski definition) is 3. The predicted molar refractivity (Wildman–Crippen MR) is 58.0 cm³/mol. The number of rotatable bonds is 2. The molecule has 0 heterocycles. The second kappa shape index (κ2) is 4.67. The summed E-state index contributed by atoms with van der Waals surface area (Å²) >= 11 is 10.9. The molecule has 0 aliphatic heterocycles. The first-order valence-electron chi connectivity index (χ1n) is 3.75. The Morgan fingerprint density at radius 1 is 1.20 bits per heavy atom. The molecule has 1 aromatic rings. The lowest BCUT2D eigenvalue weighted by atomic mass is 10.4. The summed E-state index contributed by atoms with van der Waals surface area (Å²) in [6, 6.07) is 9.00. The highest BCUT2D eigenvalue weighted by atomic mass is 35.5. The van der Waals surface area contributed by atoms with Gasteiger partial charge in [0.05, 0.1) is 4.90 Å². The van der Waals surface area contributed by atoms with Gasteiger partial charge in [-0.3, -0.25) is 0 Å². The van der Waals surface area contributed by atoms with Crippen LogP contribution in [-0.4, -0.2) is 8.42 Å². The van der Waals surface area contributed by atoms with Crippen molar-refractivity contribution in [3.63, 3.8) is 0 Å². The second-order valence-electron chi connectivity index (χ2n) is 2.52. The zero-order chi connectivity index (χ0) is 11.5. The summed E-state index contributed by atoms with van der Waals surface area (Å²) in [7, 11) is -3.86. The number of nitrogens with zero attached hydrogens (tertiary/aromatic N) is 1. The average Bonchev–Trinajstić information content (AvgIpc) is 2.28. The fraction of sp³-hybridized carbons (Fsp3) is 0. The van der Waals surface area contributed by atoms with Gasteiger partial charge in [0.2, 0.25) is 9.84 Å². The van der Waals surface area contributed by atoms with Crippen LogP contribution in [0.25, 0.3) is 0 Å². The standard InChI is InChI=1S/C9H5Cl2NO2S/c10-8(6-12)9(11)15(13,14)7-4-2-1-3-5-7/h1-5H/b9-8+. The molecule has 6 heteroatoms. The summed E-state index contributed by atoms with van der Waals surface area (Å²) in [4.78, 5) is 0.00315. The van der Waals surface area contributed by atoms with Crippen molar-refractivity contribution in [2.45, 2.75) is 4.90 Å². The molecule has 0 bridgehead atoms. The van der Waals surface area contributed by atoms with E-state index in [1.54, 1.807) is 18.2 Å². The van der Waals surface area contributed by atoms with Crippen LogP contribution in [0.2, 0.25) is 0 Å². The number of sulfone groups is 1. The first-order valence-corrected chi connectivity index (χ1v) is 5.99. The lowest BCUT2D eigenvalue weighted by molar-refractivity contribution is 0.604. The maximum absolute atomic E-state index is 11.7. The fourth-order valence-electron chi connectivity index (χ4n) is 0.865. The lowest BCUT2D eigenvalue weighted by Crippen LogP contribution is -2.01. The Bertz CT molecular complexity index is 529. The van der Waals surface area contributed by atoms with Crippen molar-refractivity contribution in [3.05, 3.63) is 39.7 Å². The Kier molecular flexibility index (Phi) is 3.75. The van der Waals surface area contributed by atoms with Gasteiger partial charge in [0.1, 0.15) is 11.1 Å². The SMILES string of the molecule is N#C/C(Cl)=C(/Cl)S(=O)(=O)c1ccccc1. The van der Waals surface area contributed by atoms with Crippen LogP contribution >= 0.6 is 23.2 Å². The van der Waals surface area contributed by atoms with Gasteiger partial charge >= 0.3 is 0 Å². The van der Waals surface area contributed by atoms with Crippen LogP contribution < -0.4 is 0 Å². The summed E-state index contributed by atoms with van der Waals surface area (Å²) in [5, 5.41) is 7.89. The normalized spacial score (nSPS) is 12.9. The van der Waals surface area contributed by atoms with Crippen molar-refractivity contribution in [2.24, 2.45) is 0 Å². The highest BCUT2D eigenvalue weighted by molar-refractivity contribution is 7.97. The third kappa shape index (κ3) is 2.51. The van der Waals surface area contributed by atoms with Gasteiger partial charge < -0.3 is 0 Å². The summed E-state index contributed by atoms with van der Waals surface area (Å²) < 4.78 is 22.8. The van der Waals surface area contributed by atoms with Gasteiger partial charge in [-0.05, 0) is 12.1 Å². The minimum absolute atomic E-state index is 0.00315. The number of allylic oxidation sites excluding steroid dienone is 1. The molecule has 0 saturated carbocycles. The van der Waals surface area contributed by atoms with E-state index in [0.717, 1.165) is 0 Å². The maximum atomic E-state index is 11.7. The zero-order valence-electron chi connectivity index (χ0n) is 7.31. The molecule has 0 aliphatic carbocycles. The molecule has 0 saturated heterocycles. The number of benzene rings is 1. The Labute approximate surface area is 97.5 Å². The summed E-state index contributed by atoms with van der Waals surface area (Å²) in [5.41, 5.74) is 0. The molecular formula is C9H5Cl2NO2S. The van der Waals surface area contributed by atoms with Crippen LogP contribution in [0, 0.1) is 11.3 Å². The van der Waals surface area contributed by atoms with Gasteiger partial charge in [0.15, 0.2) is 4.36 Å². The molecule has 0 spiro atoms. The van der Waals surface area contributed by atoms with Crippen molar-refractivity contribution in [1.82, 2.24) is 0 Å². The van der Waals surface area contributed by atoms with Crippen LogP contribution in [0.1, 0.15) is 0 Å². The molecule has 0 unspecified atom stereocenters. The molecule has 78 valence electrons. The lowest BCUT2D eigenvalue weighted by Gasteiger charge is -2.01. The van der Waals surface area contributed by atoms with Crippen molar-refractivity contribution in [3.8, 4) is 6.07 Å². The molecule has 0 aromatic heterocycles. The molecule has 0 radical (unpaired) electrons. The monoisotopic (exact) mass is 261 g/mol. The van der Waals surface area contributed by atoms with Crippen LogP contribution in [0.4, 0.5) is 0 Å². The van der Waals surface area contributed by atoms with Gasteiger partial charge in [-0.2, -0.15) is 5.26 Å². The van der Waals surface area contributed by atoms with Crippen molar-refractivity contribution in [1.29, 1.82) is 5.26 Å². The van der Waals surface area contributed by atoms with Gasteiger partial charge in [-0.1, -0.05) is 41.4 Å². The maximum Gasteiger partial charge on any atom is 0.219 e. The fourth-order valence-corrected chi connectivity index (χ4v) is 2.48. The Morgan fingerprint density at radius 2 is 1.73 bits per heavy atom. The topological polar surface area (TPSA) is 57.9 Å². The van der Waals surface area contributed by atoms with E-state index in [4.69, 9.17) is 28.5 Å². The number of hydrogen-bond donors (Lipinski definition) is 0. The van der Waals surface area contributed by atoms with E-state index in [-0.39, 0.29) is 4.90 Å². The van der Waals surface area contributed by atoms with Gasteiger partial charge in [-0.25, -0.2) is 8.42 Å². The molecule has 0 fully saturated rings. The molecular weight excluding hydrogens is 257 g/mol. The highest BCUT2D eigenvalue weighted by Gasteiger charge is 2.21. The van der Waals surface area contributed by atoms with E-state index in [0.29, 0.717) is 0 Å². The molecule has 0 aliphatic rings. The van der Waals surface area contributed by atoms with Crippen molar-refractivity contribution >= 4 is 33.0 Å². The molecule has 0 atom stereocenters. The van der Waals surface area contributed by atoms with Crippen molar-refractivity contribution in [2.75, 3.05) is 0 Å². The predicted octanol–water partition coefficient (Wildman–Crippen LogP) is 2.63. The van der Waals surface area contributed by atoms with Crippen LogP contribution in [-0.2, 0) is 9.84 Å². The number of nitriles is 1. The Balaban J connectivity index is 3.36. The third-order valence-corrected chi connectivity index (χ3v) is 4.41. The molecule has 3 nitrogen and oxygen atoms in total. The van der Waals surface area contributed by atoms with Crippen LogP contribution in [0.3, 0.4) is 0 Å². The Hall–Kier alpha value is -1.02. The van der Waals surface area contributed by atoms with Crippen LogP contribution in [0.5, 0.6) is 0 Å². The zero-order valence-corrected chi connectivity index (χ0v) is 9.64.